The molecule has 0 bridgehead atoms. The predicted molar refractivity (Wildman–Crippen MR) is 104 cm³/mol. The second-order valence-corrected chi connectivity index (χ2v) is 6.89. The fourth-order valence-corrected chi connectivity index (χ4v) is 3.50. The zero-order valence-electron chi connectivity index (χ0n) is 15.1. The number of hydrogen-bond donors (Lipinski definition) is 0. The van der Waals surface area contributed by atoms with E-state index in [4.69, 9.17) is 4.74 Å². The van der Waals surface area contributed by atoms with E-state index in [1.54, 1.807) is 12.1 Å². The molecule has 5 heteroatoms. The molecule has 27 heavy (non-hydrogen) atoms. The van der Waals surface area contributed by atoms with Crippen LogP contribution in [0.25, 0.3) is 0 Å². The van der Waals surface area contributed by atoms with Crippen molar-refractivity contribution in [2.24, 2.45) is 5.92 Å². The molecule has 0 radical (unpaired) electrons. The highest BCUT2D eigenvalue weighted by atomic mass is 19.1. The summed E-state index contributed by atoms with van der Waals surface area (Å²) in [6, 6.07) is 18.4. The van der Waals surface area contributed by atoms with Crippen LogP contribution in [0.5, 0.6) is 11.6 Å². The van der Waals surface area contributed by atoms with Crippen LogP contribution in [0.4, 0.5) is 10.2 Å². The van der Waals surface area contributed by atoms with Gasteiger partial charge in [-0.25, -0.2) is 14.4 Å². The molecule has 4 rings (SSSR count). The van der Waals surface area contributed by atoms with Gasteiger partial charge < -0.3 is 9.64 Å². The molecule has 2 heterocycles. The van der Waals surface area contributed by atoms with Gasteiger partial charge in [0.25, 0.3) is 0 Å². The second kappa shape index (κ2) is 8.16. The Morgan fingerprint density at radius 3 is 2.44 bits per heavy atom. The van der Waals surface area contributed by atoms with Crippen molar-refractivity contribution < 1.29 is 9.13 Å². The van der Waals surface area contributed by atoms with Crippen molar-refractivity contribution >= 4 is 5.82 Å². The Morgan fingerprint density at radius 2 is 1.70 bits per heavy atom. The van der Waals surface area contributed by atoms with Crippen LogP contribution < -0.4 is 9.64 Å². The van der Waals surface area contributed by atoms with Crippen molar-refractivity contribution in [3.8, 4) is 11.6 Å². The van der Waals surface area contributed by atoms with Crippen molar-refractivity contribution in [1.82, 2.24) is 9.97 Å². The molecule has 3 aromatic rings. The van der Waals surface area contributed by atoms with Crippen molar-refractivity contribution in [3.05, 3.63) is 78.4 Å². The van der Waals surface area contributed by atoms with E-state index in [0.717, 1.165) is 38.2 Å². The van der Waals surface area contributed by atoms with Gasteiger partial charge in [0.2, 0.25) is 5.88 Å². The Hall–Kier alpha value is -2.95. The smallest absolute Gasteiger partial charge is 0.224 e. The molecule has 138 valence electrons. The maximum Gasteiger partial charge on any atom is 0.224 e. The standard InChI is InChI=1S/C22H22FN3O/c23-19-6-8-20(9-7-19)27-22-15-21(24-16-25-22)26-12-10-18(11-13-26)14-17-4-2-1-3-5-17/h1-9,15-16,18H,10-14H2. The van der Waals surface area contributed by atoms with Crippen molar-refractivity contribution in [2.75, 3.05) is 18.0 Å². The van der Waals surface area contributed by atoms with E-state index < -0.39 is 0 Å². The average Bonchev–Trinajstić information content (AvgIpc) is 2.71. The molecule has 0 N–H and O–H groups in total. The van der Waals surface area contributed by atoms with E-state index in [1.807, 2.05) is 6.07 Å². The highest BCUT2D eigenvalue weighted by Crippen LogP contribution is 2.27. The maximum absolute atomic E-state index is 13.0. The number of halogens is 1. The van der Waals surface area contributed by atoms with E-state index in [1.165, 1.54) is 24.0 Å². The molecule has 0 aliphatic carbocycles. The Morgan fingerprint density at radius 1 is 0.963 bits per heavy atom. The zero-order chi connectivity index (χ0) is 18.5. The molecule has 0 unspecified atom stereocenters. The number of anilines is 1. The molecule has 1 aliphatic heterocycles. The summed E-state index contributed by atoms with van der Waals surface area (Å²) in [5.41, 5.74) is 1.41. The lowest BCUT2D eigenvalue weighted by Gasteiger charge is -2.32. The monoisotopic (exact) mass is 363 g/mol. The molecule has 1 saturated heterocycles. The SMILES string of the molecule is Fc1ccc(Oc2cc(N3CCC(Cc4ccccc4)CC3)ncn2)cc1. The van der Waals surface area contributed by atoms with Gasteiger partial charge in [-0.2, -0.15) is 0 Å². The fraction of sp³-hybridized carbons (Fsp3) is 0.273. The minimum absolute atomic E-state index is 0.288. The summed E-state index contributed by atoms with van der Waals surface area (Å²) in [6.45, 7) is 1.95. The third-order valence-corrected chi connectivity index (χ3v) is 4.97. The number of nitrogens with zero attached hydrogens (tertiary/aromatic N) is 3. The summed E-state index contributed by atoms with van der Waals surface area (Å²) in [6.07, 6.45) is 4.95. The van der Waals surface area contributed by atoms with Crippen LogP contribution in [0.3, 0.4) is 0 Å². The Labute approximate surface area is 158 Å². The van der Waals surface area contributed by atoms with Gasteiger partial charge in [0, 0.05) is 19.2 Å². The van der Waals surface area contributed by atoms with Gasteiger partial charge in [0.15, 0.2) is 0 Å². The first kappa shape index (κ1) is 17.5. The molecule has 2 aromatic carbocycles. The van der Waals surface area contributed by atoms with Crippen molar-refractivity contribution in [1.29, 1.82) is 0 Å². The van der Waals surface area contributed by atoms with Gasteiger partial charge in [0.05, 0.1) is 0 Å². The average molecular weight is 363 g/mol. The Balaban J connectivity index is 1.36. The molecule has 0 saturated carbocycles. The van der Waals surface area contributed by atoms with Crippen LogP contribution in [0.1, 0.15) is 18.4 Å². The molecule has 1 aromatic heterocycles. The Kier molecular flexibility index (Phi) is 5.28. The topological polar surface area (TPSA) is 38.2 Å². The Bertz CT molecular complexity index is 862. The first-order valence-electron chi connectivity index (χ1n) is 9.30. The lowest BCUT2D eigenvalue weighted by Crippen LogP contribution is -2.34. The van der Waals surface area contributed by atoms with Gasteiger partial charge in [0.1, 0.15) is 23.7 Å². The molecule has 1 fully saturated rings. The lowest BCUT2D eigenvalue weighted by molar-refractivity contribution is 0.401. The van der Waals surface area contributed by atoms with Gasteiger partial charge in [-0.1, -0.05) is 30.3 Å². The van der Waals surface area contributed by atoms with Gasteiger partial charge in [-0.05, 0) is 55.0 Å². The van der Waals surface area contributed by atoms with E-state index in [2.05, 4.69) is 45.2 Å². The molecular formula is C22H22FN3O. The van der Waals surface area contributed by atoms with Crippen LogP contribution in [0, 0.1) is 11.7 Å². The number of piperidine rings is 1. The summed E-state index contributed by atoms with van der Waals surface area (Å²) in [5, 5.41) is 0. The summed E-state index contributed by atoms with van der Waals surface area (Å²) < 4.78 is 18.7. The zero-order valence-corrected chi connectivity index (χ0v) is 15.1. The molecule has 4 nitrogen and oxygen atoms in total. The summed E-state index contributed by atoms with van der Waals surface area (Å²) in [5.74, 6) is 2.32. The molecule has 0 spiro atoms. The largest absolute Gasteiger partial charge is 0.439 e. The highest BCUT2D eigenvalue weighted by molar-refractivity contribution is 5.42. The van der Waals surface area contributed by atoms with Crippen LogP contribution in [0.15, 0.2) is 67.0 Å². The minimum atomic E-state index is -0.288. The van der Waals surface area contributed by atoms with Gasteiger partial charge in [-0.15, -0.1) is 0 Å². The van der Waals surface area contributed by atoms with E-state index in [9.17, 15) is 4.39 Å². The normalized spacial score (nSPS) is 14.9. The number of benzene rings is 2. The number of hydrogen-bond acceptors (Lipinski definition) is 4. The van der Waals surface area contributed by atoms with Crippen LogP contribution in [0.2, 0.25) is 0 Å². The summed E-state index contributed by atoms with van der Waals surface area (Å²) in [7, 11) is 0. The second-order valence-electron chi connectivity index (χ2n) is 6.89. The molecule has 1 aliphatic rings. The molecule has 0 amide bonds. The first-order chi connectivity index (χ1) is 13.3. The maximum atomic E-state index is 13.0. The first-order valence-corrected chi connectivity index (χ1v) is 9.30. The summed E-state index contributed by atoms with van der Waals surface area (Å²) in [4.78, 5) is 10.9. The van der Waals surface area contributed by atoms with E-state index in [0.29, 0.717) is 17.5 Å². The number of ether oxygens (including phenoxy) is 1. The fourth-order valence-electron chi connectivity index (χ4n) is 3.50. The third-order valence-electron chi connectivity index (χ3n) is 4.97. The number of aromatic nitrogens is 2. The minimum Gasteiger partial charge on any atom is -0.439 e. The van der Waals surface area contributed by atoms with Crippen molar-refractivity contribution in [3.63, 3.8) is 0 Å². The van der Waals surface area contributed by atoms with Crippen LogP contribution in [-0.4, -0.2) is 23.1 Å². The lowest BCUT2D eigenvalue weighted by atomic mass is 9.90. The summed E-state index contributed by atoms with van der Waals surface area (Å²) >= 11 is 0. The highest BCUT2D eigenvalue weighted by Gasteiger charge is 2.21. The third kappa shape index (κ3) is 4.61. The van der Waals surface area contributed by atoms with Gasteiger partial charge in [-0.3, -0.25) is 0 Å². The number of rotatable bonds is 5. The van der Waals surface area contributed by atoms with Crippen LogP contribution in [-0.2, 0) is 6.42 Å². The molecule has 0 atom stereocenters. The van der Waals surface area contributed by atoms with Crippen LogP contribution >= 0.6 is 0 Å². The van der Waals surface area contributed by atoms with Crippen molar-refractivity contribution in [2.45, 2.75) is 19.3 Å². The van der Waals surface area contributed by atoms with Gasteiger partial charge >= 0.3 is 0 Å². The van der Waals surface area contributed by atoms with E-state index in [-0.39, 0.29) is 5.82 Å². The molecular weight excluding hydrogens is 341 g/mol. The van der Waals surface area contributed by atoms with E-state index >= 15 is 0 Å². The predicted octanol–water partition coefficient (Wildman–Crippen LogP) is 4.87. The quantitative estimate of drug-likeness (QED) is 0.648.